The molecule has 0 saturated carbocycles. The van der Waals surface area contributed by atoms with Gasteiger partial charge in [0.1, 0.15) is 12.1 Å². The molecule has 0 N–H and O–H groups in total. The maximum absolute atomic E-state index is 13.5. The minimum atomic E-state index is -0.542. The van der Waals surface area contributed by atoms with Crippen LogP contribution < -0.4 is 0 Å². The van der Waals surface area contributed by atoms with Gasteiger partial charge in [0, 0.05) is 36.7 Å². The molecule has 0 aliphatic carbocycles. The van der Waals surface area contributed by atoms with Crippen LogP contribution in [-0.4, -0.2) is 59.9 Å². The Morgan fingerprint density at radius 1 is 1.06 bits per heavy atom. The molecule has 0 atom stereocenters. The van der Waals surface area contributed by atoms with E-state index in [1.54, 1.807) is 23.1 Å². The molecule has 2 heterocycles. The van der Waals surface area contributed by atoms with Crippen LogP contribution in [0.25, 0.3) is 5.57 Å². The van der Waals surface area contributed by atoms with E-state index in [2.05, 4.69) is 30.6 Å². The van der Waals surface area contributed by atoms with Crippen molar-refractivity contribution >= 4 is 33.4 Å². The van der Waals surface area contributed by atoms with Crippen molar-refractivity contribution in [2.45, 2.75) is 6.54 Å². The number of piperazine rings is 1. The third-order valence-corrected chi connectivity index (χ3v) is 6.10. The van der Waals surface area contributed by atoms with Gasteiger partial charge in [-0.25, -0.2) is 14.2 Å². The van der Waals surface area contributed by atoms with Gasteiger partial charge in [-0.15, -0.1) is 0 Å². The number of rotatable bonds is 6. The zero-order chi connectivity index (χ0) is 24.1. The SMILES string of the molecule is COC(=O)c1coc(CN2CCN(C(=O)/C=C(/c3ccc(F)cc3)c3ccc(Br)cc3)CC2)n1. The Bertz CT molecular complexity index is 1140. The summed E-state index contributed by atoms with van der Waals surface area (Å²) in [5.41, 5.74) is 2.50. The number of hydrogen-bond acceptors (Lipinski definition) is 6. The average molecular weight is 528 g/mol. The number of methoxy groups -OCH3 is 1. The Morgan fingerprint density at radius 2 is 1.68 bits per heavy atom. The first-order valence-electron chi connectivity index (χ1n) is 10.7. The smallest absolute Gasteiger partial charge is 0.360 e. The number of amides is 1. The zero-order valence-corrected chi connectivity index (χ0v) is 20.1. The number of oxazole rings is 1. The normalized spacial score (nSPS) is 14.8. The Balaban J connectivity index is 1.44. The number of hydrogen-bond donors (Lipinski definition) is 0. The van der Waals surface area contributed by atoms with Gasteiger partial charge >= 0.3 is 5.97 Å². The third-order valence-electron chi connectivity index (χ3n) is 5.57. The van der Waals surface area contributed by atoms with Crippen molar-refractivity contribution in [1.29, 1.82) is 0 Å². The molecule has 2 aromatic carbocycles. The highest BCUT2D eigenvalue weighted by Crippen LogP contribution is 2.26. The first-order chi connectivity index (χ1) is 16.4. The first-order valence-corrected chi connectivity index (χ1v) is 11.5. The van der Waals surface area contributed by atoms with Gasteiger partial charge in [-0.3, -0.25) is 9.69 Å². The van der Waals surface area contributed by atoms with Crippen LogP contribution >= 0.6 is 15.9 Å². The van der Waals surface area contributed by atoms with Gasteiger partial charge in [0.05, 0.1) is 13.7 Å². The second kappa shape index (κ2) is 10.8. The van der Waals surface area contributed by atoms with E-state index in [9.17, 15) is 14.0 Å². The van der Waals surface area contributed by atoms with Crippen LogP contribution in [-0.2, 0) is 16.1 Å². The molecular formula is C25H23BrFN3O4. The van der Waals surface area contributed by atoms with Crippen LogP contribution in [0.3, 0.4) is 0 Å². The van der Waals surface area contributed by atoms with E-state index in [0.717, 1.165) is 21.2 Å². The van der Waals surface area contributed by atoms with E-state index in [-0.39, 0.29) is 17.4 Å². The molecule has 4 rings (SSSR count). The minimum absolute atomic E-state index is 0.106. The lowest BCUT2D eigenvalue weighted by Crippen LogP contribution is -2.47. The van der Waals surface area contributed by atoms with Gasteiger partial charge in [-0.05, 0) is 41.0 Å². The Labute approximate surface area is 205 Å². The molecule has 1 fully saturated rings. The van der Waals surface area contributed by atoms with Crippen molar-refractivity contribution in [2.24, 2.45) is 0 Å². The predicted molar refractivity (Wildman–Crippen MR) is 127 cm³/mol. The maximum Gasteiger partial charge on any atom is 0.360 e. The number of nitrogens with zero attached hydrogens (tertiary/aromatic N) is 3. The number of aromatic nitrogens is 1. The number of carbonyl (C=O) groups is 2. The molecule has 7 nitrogen and oxygen atoms in total. The molecule has 0 spiro atoms. The topological polar surface area (TPSA) is 75.9 Å². The molecule has 1 aromatic heterocycles. The van der Waals surface area contributed by atoms with E-state index < -0.39 is 5.97 Å². The molecule has 0 unspecified atom stereocenters. The molecule has 0 bridgehead atoms. The molecule has 0 radical (unpaired) electrons. The summed E-state index contributed by atoms with van der Waals surface area (Å²) in [6, 6.07) is 13.8. The highest BCUT2D eigenvalue weighted by molar-refractivity contribution is 9.10. The molecule has 1 saturated heterocycles. The number of carbonyl (C=O) groups excluding carboxylic acids is 2. The van der Waals surface area contributed by atoms with E-state index in [1.807, 2.05) is 24.3 Å². The Morgan fingerprint density at radius 3 is 2.29 bits per heavy atom. The highest BCUT2D eigenvalue weighted by atomic mass is 79.9. The number of benzene rings is 2. The molecule has 176 valence electrons. The van der Waals surface area contributed by atoms with Crippen LogP contribution in [0.1, 0.15) is 27.5 Å². The van der Waals surface area contributed by atoms with Gasteiger partial charge in [-0.1, -0.05) is 40.2 Å². The lowest BCUT2D eigenvalue weighted by atomic mass is 9.97. The summed E-state index contributed by atoms with van der Waals surface area (Å²) in [5.74, 6) is -0.550. The molecule has 1 amide bonds. The molecule has 34 heavy (non-hydrogen) atoms. The third kappa shape index (κ3) is 5.78. The Kier molecular flexibility index (Phi) is 7.54. The number of ether oxygens (including phenoxy) is 1. The maximum atomic E-state index is 13.5. The molecule has 1 aliphatic heterocycles. The van der Waals surface area contributed by atoms with Crippen molar-refractivity contribution in [3.63, 3.8) is 0 Å². The van der Waals surface area contributed by atoms with Crippen molar-refractivity contribution in [3.8, 4) is 0 Å². The van der Waals surface area contributed by atoms with Gasteiger partial charge in [-0.2, -0.15) is 0 Å². The van der Waals surface area contributed by atoms with E-state index >= 15 is 0 Å². The highest BCUT2D eigenvalue weighted by Gasteiger charge is 2.23. The van der Waals surface area contributed by atoms with Crippen LogP contribution in [0, 0.1) is 5.82 Å². The predicted octanol–water partition coefficient (Wildman–Crippen LogP) is 4.14. The van der Waals surface area contributed by atoms with Crippen molar-refractivity contribution in [1.82, 2.24) is 14.8 Å². The number of halogens is 2. The van der Waals surface area contributed by atoms with Crippen molar-refractivity contribution in [3.05, 3.63) is 93.9 Å². The van der Waals surface area contributed by atoms with Gasteiger partial charge in [0.25, 0.3) is 0 Å². The molecule has 3 aromatic rings. The van der Waals surface area contributed by atoms with E-state index in [4.69, 9.17) is 4.42 Å². The van der Waals surface area contributed by atoms with Crippen LogP contribution in [0.4, 0.5) is 4.39 Å². The summed E-state index contributed by atoms with van der Waals surface area (Å²) in [4.78, 5) is 32.7. The molecule has 1 aliphatic rings. The van der Waals surface area contributed by atoms with Crippen molar-refractivity contribution in [2.75, 3.05) is 33.3 Å². The Hall–Kier alpha value is -3.30. The summed E-state index contributed by atoms with van der Waals surface area (Å²) in [5, 5.41) is 0. The van der Waals surface area contributed by atoms with Crippen molar-refractivity contribution < 1.29 is 23.1 Å². The van der Waals surface area contributed by atoms with Gasteiger partial charge in [0.15, 0.2) is 5.69 Å². The molecule has 9 heteroatoms. The van der Waals surface area contributed by atoms with Gasteiger partial charge < -0.3 is 14.1 Å². The zero-order valence-electron chi connectivity index (χ0n) is 18.5. The summed E-state index contributed by atoms with van der Waals surface area (Å²) >= 11 is 3.43. The second-order valence-electron chi connectivity index (χ2n) is 7.79. The lowest BCUT2D eigenvalue weighted by molar-refractivity contribution is -0.127. The molecular weight excluding hydrogens is 505 g/mol. The summed E-state index contributed by atoms with van der Waals surface area (Å²) < 4.78 is 24.4. The standard InChI is InChI=1S/C25H23BrFN3O4/c1-33-25(32)22-16-34-23(28-22)15-29-10-12-30(13-11-29)24(31)14-21(17-2-6-19(26)7-3-17)18-4-8-20(27)9-5-18/h2-9,14,16H,10-13,15H2,1H3/b21-14+. The summed E-state index contributed by atoms with van der Waals surface area (Å²) in [6.07, 6.45) is 2.90. The lowest BCUT2D eigenvalue weighted by Gasteiger charge is -2.33. The van der Waals surface area contributed by atoms with Crippen LogP contribution in [0.2, 0.25) is 0 Å². The fourth-order valence-electron chi connectivity index (χ4n) is 3.71. The van der Waals surface area contributed by atoms with Gasteiger partial charge in [0.2, 0.25) is 11.8 Å². The van der Waals surface area contributed by atoms with E-state index in [0.29, 0.717) is 38.6 Å². The number of esters is 1. The fraction of sp³-hybridized carbons (Fsp3) is 0.240. The quantitative estimate of drug-likeness (QED) is 0.354. The summed E-state index contributed by atoms with van der Waals surface area (Å²) in [7, 11) is 1.29. The average Bonchev–Trinajstić information content (AvgIpc) is 3.32. The minimum Gasteiger partial charge on any atom is -0.464 e. The van der Waals surface area contributed by atoms with Crippen LogP contribution in [0.15, 0.2) is 69.8 Å². The van der Waals surface area contributed by atoms with E-state index in [1.165, 1.54) is 25.5 Å². The largest absolute Gasteiger partial charge is 0.464 e. The second-order valence-corrected chi connectivity index (χ2v) is 8.71. The van der Waals surface area contributed by atoms with Crippen LogP contribution in [0.5, 0.6) is 0 Å². The monoisotopic (exact) mass is 527 g/mol. The summed E-state index contributed by atoms with van der Waals surface area (Å²) in [6.45, 7) is 2.79. The fourth-order valence-corrected chi connectivity index (χ4v) is 3.97. The first kappa shape index (κ1) is 23.8.